The fraction of sp³-hybridized carbons (Fsp3) is 0.611. The normalized spacial score (nSPS) is 21.5. The molecule has 1 fully saturated rings. The van der Waals surface area contributed by atoms with E-state index in [0.717, 1.165) is 37.6 Å². The van der Waals surface area contributed by atoms with E-state index >= 15 is 0 Å². The highest BCUT2D eigenvalue weighted by Crippen LogP contribution is 2.31. The van der Waals surface area contributed by atoms with Crippen molar-refractivity contribution in [2.75, 3.05) is 11.9 Å². The Morgan fingerprint density at radius 2 is 1.95 bits per heavy atom. The third-order valence-electron chi connectivity index (χ3n) is 5.03. The molecule has 0 saturated heterocycles. The summed E-state index contributed by atoms with van der Waals surface area (Å²) in [5.74, 6) is 0.617. The van der Waals surface area contributed by atoms with Gasteiger partial charge >= 0.3 is 0 Å². The number of hydrogen-bond acceptors (Lipinski definition) is 1. The summed E-state index contributed by atoms with van der Waals surface area (Å²) >= 11 is 3.50. The number of halogens is 1. The minimum atomic E-state index is 0.204. The molecule has 21 heavy (non-hydrogen) atoms. The van der Waals surface area contributed by atoms with E-state index in [2.05, 4.69) is 45.1 Å². The number of nitrogens with zero attached hydrogens (tertiary/aromatic N) is 1. The Hall–Kier alpha value is -0.830. The van der Waals surface area contributed by atoms with E-state index in [1.54, 1.807) is 0 Å². The molecule has 0 bridgehead atoms. The van der Waals surface area contributed by atoms with E-state index in [1.807, 2.05) is 0 Å². The SMILES string of the molecule is O=C(C1CCc2ccccc2C1)N(CCCBr)C1CCC1. The molecular weight excluding hydrogens is 326 g/mol. The minimum absolute atomic E-state index is 0.204. The Morgan fingerprint density at radius 3 is 2.62 bits per heavy atom. The van der Waals surface area contributed by atoms with Crippen molar-refractivity contribution in [1.82, 2.24) is 4.90 Å². The van der Waals surface area contributed by atoms with Gasteiger partial charge in [-0.15, -0.1) is 0 Å². The van der Waals surface area contributed by atoms with E-state index in [0.29, 0.717) is 11.9 Å². The summed E-state index contributed by atoms with van der Waals surface area (Å²) in [7, 11) is 0. The van der Waals surface area contributed by atoms with Crippen molar-refractivity contribution in [1.29, 1.82) is 0 Å². The van der Waals surface area contributed by atoms with E-state index in [1.165, 1.54) is 30.4 Å². The van der Waals surface area contributed by atoms with Crippen LogP contribution in [0.5, 0.6) is 0 Å². The van der Waals surface area contributed by atoms with Crippen LogP contribution in [0.1, 0.15) is 43.2 Å². The second-order valence-electron chi connectivity index (χ2n) is 6.37. The van der Waals surface area contributed by atoms with Crippen molar-refractivity contribution in [3.63, 3.8) is 0 Å². The predicted molar refractivity (Wildman–Crippen MR) is 89.7 cm³/mol. The second-order valence-corrected chi connectivity index (χ2v) is 7.16. The van der Waals surface area contributed by atoms with Gasteiger partial charge in [-0.1, -0.05) is 40.2 Å². The maximum absolute atomic E-state index is 13.0. The summed E-state index contributed by atoms with van der Waals surface area (Å²) in [6.07, 6.45) is 7.78. The van der Waals surface area contributed by atoms with E-state index < -0.39 is 0 Å². The summed E-state index contributed by atoms with van der Waals surface area (Å²) in [5, 5.41) is 0.983. The van der Waals surface area contributed by atoms with Gasteiger partial charge in [0.25, 0.3) is 0 Å². The lowest BCUT2D eigenvalue weighted by Gasteiger charge is -2.40. The van der Waals surface area contributed by atoms with Gasteiger partial charge in [0.1, 0.15) is 0 Å². The van der Waals surface area contributed by atoms with Crippen molar-refractivity contribution >= 4 is 21.8 Å². The van der Waals surface area contributed by atoms with Gasteiger partial charge in [-0.25, -0.2) is 0 Å². The molecule has 1 aromatic carbocycles. The molecule has 1 saturated carbocycles. The molecule has 0 N–H and O–H groups in total. The molecule has 1 unspecified atom stereocenters. The zero-order valence-corrected chi connectivity index (χ0v) is 14.1. The lowest BCUT2D eigenvalue weighted by molar-refractivity contribution is -0.140. The molecular formula is C18H24BrNO. The number of amides is 1. The molecule has 0 aromatic heterocycles. The van der Waals surface area contributed by atoms with Gasteiger partial charge < -0.3 is 4.90 Å². The van der Waals surface area contributed by atoms with Crippen LogP contribution in [0.15, 0.2) is 24.3 Å². The Balaban J connectivity index is 1.68. The van der Waals surface area contributed by atoms with E-state index in [-0.39, 0.29) is 5.92 Å². The van der Waals surface area contributed by atoms with Crippen LogP contribution >= 0.6 is 15.9 Å². The summed E-state index contributed by atoms with van der Waals surface area (Å²) in [5.41, 5.74) is 2.83. The van der Waals surface area contributed by atoms with E-state index in [4.69, 9.17) is 0 Å². The lowest BCUT2D eigenvalue weighted by Crippen LogP contribution is -2.48. The molecule has 2 aliphatic carbocycles. The molecule has 3 heteroatoms. The molecule has 1 aromatic rings. The molecule has 3 rings (SSSR count). The number of hydrogen-bond donors (Lipinski definition) is 0. The molecule has 0 heterocycles. The number of carbonyl (C=O) groups excluding carboxylic acids is 1. The molecule has 2 nitrogen and oxygen atoms in total. The Kier molecular flexibility index (Phi) is 4.99. The number of fused-ring (bicyclic) bond motifs is 1. The van der Waals surface area contributed by atoms with Crippen LogP contribution in [0.25, 0.3) is 0 Å². The van der Waals surface area contributed by atoms with Crippen LogP contribution in [0.3, 0.4) is 0 Å². The Labute approximate surface area is 136 Å². The molecule has 0 radical (unpaired) electrons. The molecule has 0 aliphatic heterocycles. The van der Waals surface area contributed by atoms with Gasteiger partial charge in [0, 0.05) is 23.8 Å². The number of rotatable bonds is 5. The summed E-state index contributed by atoms with van der Waals surface area (Å²) in [6.45, 7) is 0.924. The van der Waals surface area contributed by atoms with Crippen LogP contribution < -0.4 is 0 Å². The molecule has 1 atom stereocenters. The monoisotopic (exact) mass is 349 g/mol. The van der Waals surface area contributed by atoms with Gasteiger partial charge in [-0.05, 0) is 56.1 Å². The van der Waals surface area contributed by atoms with Crippen molar-refractivity contribution in [3.8, 4) is 0 Å². The van der Waals surface area contributed by atoms with Crippen molar-refractivity contribution < 1.29 is 4.79 Å². The average Bonchev–Trinajstić information content (AvgIpc) is 2.48. The highest BCUT2D eigenvalue weighted by molar-refractivity contribution is 9.09. The van der Waals surface area contributed by atoms with Gasteiger partial charge in [0.15, 0.2) is 0 Å². The number of carbonyl (C=O) groups is 1. The van der Waals surface area contributed by atoms with Crippen molar-refractivity contribution in [3.05, 3.63) is 35.4 Å². The minimum Gasteiger partial charge on any atom is -0.339 e. The van der Waals surface area contributed by atoms with Gasteiger partial charge in [0.2, 0.25) is 5.91 Å². The number of aryl methyl sites for hydroxylation is 1. The highest BCUT2D eigenvalue weighted by Gasteiger charge is 2.33. The maximum atomic E-state index is 13.0. The lowest BCUT2D eigenvalue weighted by atomic mass is 9.82. The maximum Gasteiger partial charge on any atom is 0.226 e. The van der Waals surface area contributed by atoms with Crippen LogP contribution in [0.2, 0.25) is 0 Å². The Bertz CT molecular complexity index is 498. The van der Waals surface area contributed by atoms with Gasteiger partial charge in [-0.2, -0.15) is 0 Å². The number of alkyl halides is 1. The summed E-state index contributed by atoms with van der Waals surface area (Å²) in [4.78, 5) is 15.2. The largest absolute Gasteiger partial charge is 0.339 e. The fourth-order valence-electron chi connectivity index (χ4n) is 3.54. The second kappa shape index (κ2) is 6.95. The van der Waals surface area contributed by atoms with E-state index in [9.17, 15) is 4.79 Å². The number of benzene rings is 1. The molecule has 1 amide bonds. The third-order valence-corrected chi connectivity index (χ3v) is 5.59. The standard InChI is InChI=1S/C18H24BrNO/c19-11-4-12-20(17-7-3-8-17)18(21)16-10-9-14-5-1-2-6-15(14)13-16/h1-2,5-6,16-17H,3-4,7-13H2. The first-order valence-corrected chi connectivity index (χ1v) is 9.35. The van der Waals surface area contributed by atoms with Crippen molar-refractivity contribution in [2.45, 2.75) is 51.0 Å². The first-order chi connectivity index (χ1) is 10.3. The predicted octanol–water partition coefficient (Wildman–Crippen LogP) is 3.96. The first kappa shape index (κ1) is 15.1. The molecule has 0 spiro atoms. The quantitative estimate of drug-likeness (QED) is 0.736. The van der Waals surface area contributed by atoms with Crippen LogP contribution in [0.4, 0.5) is 0 Å². The summed E-state index contributed by atoms with van der Waals surface area (Å²) < 4.78 is 0. The van der Waals surface area contributed by atoms with Gasteiger partial charge in [0.05, 0.1) is 0 Å². The first-order valence-electron chi connectivity index (χ1n) is 8.23. The Morgan fingerprint density at radius 1 is 1.19 bits per heavy atom. The molecule has 2 aliphatic rings. The van der Waals surface area contributed by atoms with Crippen LogP contribution in [0, 0.1) is 5.92 Å². The van der Waals surface area contributed by atoms with Crippen molar-refractivity contribution in [2.24, 2.45) is 5.92 Å². The zero-order chi connectivity index (χ0) is 14.7. The summed E-state index contributed by atoms with van der Waals surface area (Å²) in [6, 6.07) is 9.14. The van der Waals surface area contributed by atoms with Crippen LogP contribution in [-0.2, 0) is 17.6 Å². The average molecular weight is 350 g/mol. The van der Waals surface area contributed by atoms with Crippen LogP contribution in [-0.4, -0.2) is 28.7 Å². The smallest absolute Gasteiger partial charge is 0.226 e. The topological polar surface area (TPSA) is 20.3 Å². The third kappa shape index (κ3) is 3.33. The zero-order valence-electron chi connectivity index (χ0n) is 12.6. The molecule has 114 valence electrons. The fourth-order valence-corrected chi connectivity index (χ4v) is 3.80. The van der Waals surface area contributed by atoms with Gasteiger partial charge in [-0.3, -0.25) is 4.79 Å². The highest BCUT2D eigenvalue weighted by atomic mass is 79.9.